The first-order valence-electron chi connectivity index (χ1n) is 10.3. The molecule has 0 aliphatic carbocycles. The number of hydrogen-bond donors (Lipinski definition) is 1. The van der Waals surface area contributed by atoms with Crippen LogP contribution in [-0.2, 0) is 4.74 Å². The summed E-state index contributed by atoms with van der Waals surface area (Å²) in [7, 11) is 1.45. The molecular formula is C24H20Cl2FN3O4. The van der Waals surface area contributed by atoms with Gasteiger partial charge in [0.2, 0.25) is 5.91 Å². The molecule has 7 nitrogen and oxygen atoms in total. The van der Waals surface area contributed by atoms with Gasteiger partial charge in [0, 0.05) is 41.4 Å². The summed E-state index contributed by atoms with van der Waals surface area (Å²) in [6.07, 6.45) is 1.87. The molecule has 2 aromatic carbocycles. The number of amides is 2. The zero-order valence-corrected chi connectivity index (χ0v) is 19.6. The van der Waals surface area contributed by atoms with Gasteiger partial charge in [-0.2, -0.15) is 0 Å². The van der Waals surface area contributed by atoms with Gasteiger partial charge in [-0.25, -0.2) is 9.37 Å². The molecule has 0 saturated carbocycles. The first-order chi connectivity index (χ1) is 16.3. The molecule has 10 heteroatoms. The molecule has 2 N–H and O–H groups in total. The van der Waals surface area contributed by atoms with Crippen molar-refractivity contribution in [2.45, 2.75) is 12.5 Å². The van der Waals surface area contributed by atoms with Crippen LogP contribution in [0.25, 0.3) is 11.1 Å². The Kier molecular flexibility index (Phi) is 7.02. The number of ether oxygens (including phenoxy) is 2. The molecule has 1 saturated heterocycles. The number of benzene rings is 2. The minimum absolute atomic E-state index is 0.0184. The van der Waals surface area contributed by atoms with Crippen molar-refractivity contribution in [2.75, 3.05) is 25.2 Å². The minimum atomic E-state index is -0.748. The normalized spacial score (nSPS) is 15.2. The summed E-state index contributed by atoms with van der Waals surface area (Å²) in [5.74, 6) is -1.62. The van der Waals surface area contributed by atoms with E-state index in [1.807, 2.05) is 0 Å². The van der Waals surface area contributed by atoms with Crippen molar-refractivity contribution in [3.8, 4) is 16.9 Å². The second kappa shape index (κ2) is 9.97. The Morgan fingerprint density at radius 2 is 2.00 bits per heavy atom. The first-order valence-corrected chi connectivity index (χ1v) is 11.1. The van der Waals surface area contributed by atoms with Gasteiger partial charge in [0.1, 0.15) is 11.9 Å². The van der Waals surface area contributed by atoms with Crippen LogP contribution in [0.4, 0.5) is 10.2 Å². The highest BCUT2D eigenvalue weighted by Gasteiger charge is 2.27. The molecule has 0 bridgehead atoms. The average molecular weight is 504 g/mol. The minimum Gasteiger partial charge on any atom is -0.484 e. The van der Waals surface area contributed by atoms with Crippen molar-refractivity contribution in [3.05, 3.63) is 75.7 Å². The number of carbonyl (C=O) groups excluding carboxylic acids is 2. The SMILES string of the molecule is CN(C(=O)c1c(F)cccc1Cl)c1ncc(-c2cc(C(N)=O)ccc2Cl)cc1O[C@H]1CCOC1. The fraction of sp³-hybridized carbons (Fsp3) is 0.208. The molecule has 4 rings (SSSR count). The Morgan fingerprint density at radius 1 is 1.21 bits per heavy atom. The second-order valence-corrected chi connectivity index (χ2v) is 8.48. The van der Waals surface area contributed by atoms with Crippen molar-refractivity contribution >= 4 is 40.8 Å². The van der Waals surface area contributed by atoms with Crippen molar-refractivity contribution in [2.24, 2.45) is 5.73 Å². The van der Waals surface area contributed by atoms with E-state index in [4.69, 9.17) is 38.4 Å². The molecule has 1 aliphatic rings. The molecule has 0 radical (unpaired) electrons. The molecule has 1 fully saturated rings. The predicted molar refractivity (Wildman–Crippen MR) is 127 cm³/mol. The summed E-state index contributed by atoms with van der Waals surface area (Å²) in [5.41, 5.74) is 6.45. The van der Waals surface area contributed by atoms with E-state index in [-0.39, 0.29) is 33.8 Å². The Bertz CT molecular complexity index is 1240. The average Bonchev–Trinajstić information content (AvgIpc) is 3.31. The summed E-state index contributed by atoms with van der Waals surface area (Å²) in [6, 6.07) is 10.3. The van der Waals surface area contributed by atoms with E-state index in [9.17, 15) is 14.0 Å². The predicted octanol–water partition coefficient (Wildman–Crippen LogP) is 4.74. The summed E-state index contributed by atoms with van der Waals surface area (Å²) in [6.45, 7) is 0.914. The Hall–Kier alpha value is -3.20. The van der Waals surface area contributed by atoms with Crippen LogP contribution in [-0.4, -0.2) is 43.2 Å². The summed E-state index contributed by atoms with van der Waals surface area (Å²) in [4.78, 5) is 30.3. The number of nitrogens with two attached hydrogens (primary N) is 1. The van der Waals surface area contributed by atoms with Crippen molar-refractivity contribution in [1.29, 1.82) is 0 Å². The maximum Gasteiger partial charge on any atom is 0.263 e. The second-order valence-electron chi connectivity index (χ2n) is 7.67. The zero-order chi connectivity index (χ0) is 24.4. The van der Waals surface area contributed by atoms with Gasteiger partial charge in [0.25, 0.3) is 5.91 Å². The van der Waals surface area contributed by atoms with Gasteiger partial charge in [0.05, 0.1) is 23.8 Å². The van der Waals surface area contributed by atoms with Gasteiger partial charge in [-0.1, -0.05) is 29.3 Å². The lowest BCUT2D eigenvalue weighted by Gasteiger charge is -2.23. The summed E-state index contributed by atoms with van der Waals surface area (Å²) in [5, 5.41) is 0.354. The smallest absolute Gasteiger partial charge is 0.263 e. The lowest BCUT2D eigenvalue weighted by molar-refractivity contribution is 0.0982. The third kappa shape index (κ3) is 4.84. The lowest BCUT2D eigenvalue weighted by atomic mass is 10.0. The molecule has 1 atom stereocenters. The third-order valence-corrected chi connectivity index (χ3v) is 6.02. The Morgan fingerprint density at radius 3 is 2.68 bits per heavy atom. The molecule has 2 heterocycles. The van der Waals surface area contributed by atoms with E-state index in [0.717, 1.165) is 6.07 Å². The Balaban J connectivity index is 1.78. The van der Waals surface area contributed by atoms with Crippen LogP contribution in [0.15, 0.2) is 48.7 Å². The highest BCUT2D eigenvalue weighted by Crippen LogP contribution is 2.36. The highest BCUT2D eigenvalue weighted by atomic mass is 35.5. The fourth-order valence-corrected chi connectivity index (χ4v) is 4.04. The van der Waals surface area contributed by atoms with Gasteiger partial charge in [-0.15, -0.1) is 0 Å². The molecular weight excluding hydrogens is 484 g/mol. The number of aromatic nitrogens is 1. The number of halogens is 3. The number of carbonyl (C=O) groups is 2. The number of rotatable bonds is 6. The summed E-state index contributed by atoms with van der Waals surface area (Å²) >= 11 is 12.5. The number of anilines is 1. The van der Waals surface area contributed by atoms with Crippen LogP contribution in [0, 0.1) is 5.82 Å². The van der Waals surface area contributed by atoms with Crippen molar-refractivity contribution in [3.63, 3.8) is 0 Å². The van der Waals surface area contributed by atoms with Gasteiger partial charge in [-0.3, -0.25) is 14.5 Å². The van der Waals surface area contributed by atoms with Crippen LogP contribution in [0.5, 0.6) is 5.75 Å². The van der Waals surface area contributed by atoms with E-state index in [1.165, 1.54) is 36.3 Å². The molecule has 0 unspecified atom stereocenters. The van der Waals surface area contributed by atoms with E-state index >= 15 is 0 Å². The maximum absolute atomic E-state index is 14.4. The third-order valence-electron chi connectivity index (χ3n) is 5.38. The Labute approximate surface area is 205 Å². The standard InChI is InChI=1S/C24H20Cl2FN3O4/c1-30(24(32)21-18(26)3-2-4-19(21)27)23-20(34-15-7-8-33-12-15)10-14(11-29-23)16-9-13(22(28)31)5-6-17(16)25/h2-6,9-11,15H,7-8,12H2,1H3,(H2,28,31)/t15-/m0/s1. The lowest BCUT2D eigenvalue weighted by Crippen LogP contribution is -2.29. The van der Waals surface area contributed by atoms with Crippen LogP contribution >= 0.6 is 23.2 Å². The molecule has 176 valence electrons. The van der Waals surface area contributed by atoms with Gasteiger partial charge in [-0.05, 0) is 36.4 Å². The van der Waals surface area contributed by atoms with E-state index < -0.39 is 17.6 Å². The molecule has 1 aliphatic heterocycles. The van der Waals surface area contributed by atoms with Crippen molar-refractivity contribution < 1.29 is 23.5 Å². The monoisotopic (exact) mass is 503 g/mol. The van der Waals surface area contributed by atoms with Gasteiger partial charge in [0.15, 0.2) is 11.6 Å². The number of hydrogen-bond acceptors (Lipinski definition) is 5. The molecule has 3 aromatic rings. The highest BCUT2D eigenvalue weighted by molar-refractivity contribution is 6.34. The fourth-order valence-electron chi connectivity index (χ4n) is 3.57. The van der Waals surface area contributed by atoms with Gasteiger partial charge >= 0.3 is 0 Å². The largest absolute Gasteiger partial charge is 0.484 e. The number of nitrogens with zero attached hydrogens (tertiary/aromatic N) is 2. The van der Waals surface area contributed by atoms with E-state index in [2.05, 4.69) is 4.98 Å². The number of pyridine rings is 1. The van der Waals surface area contributed by atoms with Gasteiger partial charge < -0.3 is 15.2 Å². The van der Waals surface area contributed by atoms with Crippen molar-refractivity contribution in [1.82, 2.24) is 4.98 Å². The molecule has 0 spiro atoms. The summed E-state index contributed by atoms with van der Waals surface area (Å²) < 4.78 is 25.9. The molecule has 2 amide bonds. The maximum atomic E-state index is 14.4. The van der Waals surface area contributed by atoms with E-state index in [1.54, 1.807) is 18.2 Å². The first kappa shape index (κ1) is 23.9. The number of primary amides is 1. The topological polar surface area (TPSA) is 94.8 Å². The van der Waals surface area contributed by atoms with Crippen LogP contribution in [0.1, 0.15) is 27.1 Å². The molecule has 1 aromatic heterocycles. The van der Waals surface area contributed by atoms with Crippen LogP contribution < -0.4 is 15.4 Å². The molecule has 34 heavy (non-hydrogen) atoms. The van der Waals surface area contributed by atoms with E-state index in [0.29, 0.717) is 35.8 Å². The quantitative estimate of drug-likeness (QED) is 0.524. The van der Waals surface area contributed by atoms with Crippen LogP contribution in [0.2, 0.25) is 10.0 Å². The zero-order valence-electron chi connectivity index (χ0n) is 18.1. The van der Waals surface area contributed by atoms with Crippen LogP contribution in [0.3, 0.4) is 0 Å².